The van der Waals surface area contributed by atoms with Crippen molar-refractivity contribution in [2.75, 3.05) is 23.7 Å². The van der Waals surface area contributed by atoms with Gasteiger partial charge >= 0.3 is 6.36 Å². The quantitative estimate of drug-likeness (QED) is 0.423. The van der Waals surface area contributed by atoms with E-state index in [4.69, 9.17) is 0 Å². The number of nitrogens with one attached hydrogen (secondary N) is 3. The molecule has 0 saturated carbocycles. The SMILES string of the molecule is O=S(=O)(NCCNc1ccc(Nc2ccncc2)nn1)c1ccc(OC(F)(F)F)cc1. The Morgan fingerprint density at radius 2 is 1.52 bits per heavy atom. The molecule has 0 atom stereocenters. The Morgan fingerprint density at radius 1 is 0.871 bits per heavy atom. The highest BCUT2D eigenvalue weighted by molar-refractivity contribution is 7.89. The van der Waals surface area contributed by atoms with Crippen LogP contribution in [0.25, 0.3) is 0 Å². The lowest BCUT2D eigenvalue weighted by Crippen LogP contribution is -2.29. The van der Waals surface area contributed by atoms with Gasteiger partial charge in [0.1, 0.15) is 11.6 Å². The Hall–Kier alpha value is -3.45. The van der Waals surface area contributed by atoms with Crippen LogP contribution in [0.1, 0.15) is 0 Å². The van der Waals surface area contributed by atoms with Crippen molar-refractivity contribution in [1.82, 2.24) is 19.9 Å². The number of aromatic nitrogens is 3. The van der Waals surface area contributed by atoms with Gasteiger partial charge in [0.15, 0.2) is 5.82 Å². The number of ether oxygens (including phenoxy) is 1. The van der Waals surface area contributed by atoms with Crippen molar-refractivity contribution >= 4 is 27.3 Å². The molecule has 3 rings (SSSR count). The first-order valence-electron chi connectivity index (χ1n) is 8.81. The summed E-state index contributed by atoms with van der Waals surface area (Å²) in [6.07, 6.45) is -1.57. The molecule has 0 aliphatic heterocycles. The number of hydrogen-bond donors (Lipinski definition) is 3. The molecule has 0 amide bonds. The van der Waals surface area contributed by atoms with Gasteiger partial charge in [-0.1, -0.05) is 0 Å². The maximum absolute atomic E-state index is 12.2. The van der Waals surface area contributed by atoms with Crippen molar-refractivity contribution in [3.63, 3.8) is 0 Å². The summed E-state index contributed by atoms with van der Waals surface area (Å²) in [5.74, 6) is 0.456. The van der Waals surface area contributed by atoms with Crippen molar-refractivity contribution in [1.29, 1.82) is 0 Å². The number of halogens is 3. The predicted octanol–water partition coefficient (Wildman–Crippen LogP) is 2.90. The highest BCUT2D eigenvalue weighted by Crippen LogP contribution is 2.23. The molecule has 3 N–H and O–H groups in total. The molecule has 164 valence electrons. The van der Waals surface area contributed by atoms with Crippen LogP contribution < -0.4 is 20.1 Å². The summed E-state index contributed by atoms with van der Waals surface area (Å²) in [6, 6.07) is 10.8. The summed E-state index contributed by atoms with van der Waals surface area (Å²) in [5.41, 5.74) is 0.803. The topological polar surface area (TPSA) is 118 Å². The van der Waals surface area contributed by atoms with Gasteiger partial charge in [0, 0.05) is 31.2 Å². The second-order valence-corrected chi connectivity index (χ2v) is 7.78. The van der Waals surface area contributed by atoms with Crippen LogP contribution in [0.2, 0.25) is 0 Å². The first kappa shape index (κ1) is 22.2. The van der Waals surface area contributed by atoms with E-state index in [1.165, 1.54) is 0 Å². The number of nitrogens with zero attached hydrogens (tertiary/aromatic N) is 3. The van der Waals surface area contributed by atoms with Gasteiger partial charge in [-0.25, -0.2) is 13.1 Å². The molecule has 1 aromatic carbocycles. The minimum absolute atomic E-state index is 0.0157. The first-order chi connectivity index (χ1) is 14.7. The van der Waals surface area contributed by atoms with E-state index in [1.807, 2.05) is 0 Å². The lowest BCUT2D eigenvalue weighted by atomic mass is 10.3. The van der Waals surface area contributed by atoms with Gasteiger partial charge < -0.3 is 15.4 Å². The Labute approximate surface area is 175 Å². The van der Waals surface area contributed by atoms with Crippen LogP contribution in [0, 0.1) is 0 Å². The van der Waals surface area contributed by atoms with E-state index in [2.05, 4.69) is 35.3 Å². The molecule has 0 saturated heterocycles. The fraction of sp³-hybridized carbons (Fsp3) is 0.167. The van der Waals surface area contributed by atoms with E-state index in [0.29, 0.717) is 11.6 Å². The summed E-state index contributed by atoms with van der Waals surface area (Å²) < 4.78 is 67.0. The molecule has 0 spiro atoms. The Kier molecular flexibility index (Phi) is 6.87. The highest BCUT2D eigenvalue weighted by atomic mass is 32.2. The molecule has 0 aliphatic rings. The summed E-state index contributed by atoms with van der Waals surface area (Å²) >= 11 is 0. The first-order valence-corrected chi connectivity index (χ1v) is 10.3. The molecule has 3 aromatic rings. The Bertz CT molecular complexity index is 1080. The molecule has 9 nitrogen and oxygen atoms in total. The maximum Gasteiger partial charge on any atom is 0.573 e. The molecule has 0 aliphatic carbocycles. The number of benzene rings is 1. The molecular formula is C18H17F3N6O3S. The lowest BCUT2D eigenvalue weighted by molar-refractivity contribution is -0.274. The number of hydrogen-bond acceptors (Lipinski definition) is 8. The van der Waals surface area contributed by atoms with Crippen LogP contribution in [-0.2, 0) is 10.0 Å². The van der Waals surface area contributed by atoms with E-state index in [0.717, 1.165) is 30.0 Å². The van der Waals surface area contributed by atoms with E-state index < -0.39 is 22.1 Å². The third kappa shape index (κ3) is 7.08. The van der Waals surface area contributed by atoms with E-state index in [-0.39, 0.29) is 18.0 Å². The molecule has 0 radical (unpaired) electrons. The summed E-state index contributed by atoms with van der Waals surface area (Å²) in [7, 11) is -3.89. The summed E-state index contributed by atoms with van der Waals surface area (Å²) in [4.78, 5) is 3.73. The van der Waals surface area contributed by atoms with E-state index in [1.54, 1.807) is 36.7 Å². The van der Waals surface area contributed by atoms with Crippen LogP contribution in [0.5, 0.6) is 5.75 Å². The van der Waals surface area contributed by atoms with Crippen molar-refractivity contribution in [3.05, 3.63) is 60.9 Å². The van der Waals surface area contributed by atoms with Crippen LogP contribution in [0.15, 0.2) is 65.8 Å². The molecular weight excluding hydrogens is 437 g/mol. The smallest absolute Gasteiger partial charge is 0.406 e. The lowest BCUT2D eigenvalue weighted by Gasteiger charge is -2.11. The fourth-order valence-electron chi connectivity index (χ4n) is 2.36. The van der Waals surface area contributed by atoms with Crippen molar-refractivity contribution < 1.29 is 26.3 Å². The van der Waals surface area contributed by atoms with Crippen molar-refractivity contribution in [2.45, 2.75) is 11.3 Å². The number of sulfonamides is 1. The van der Waals surface area contributed by atoms with Gasteiger partial charge in [0.05, 0.1) is 4.90 Å². The molecule has 2 heterocycles. The zero-order valence-corrected chi connectivity index (χ0v) is 16.6. The van der Waals surface area contributed by atoms with Crippen molar-refractivity contribution in [3.8, 4) is 5.75 Å². The number of pyridine rings is 1. The summed E-state index contributed by atoms with van der Waals surface area (Å²) in [6.45, 7) is 0.224. The van der Waals surface area contributed by atoms with Gasteiger partial charge in [-0.3, -0.25) is 4.98 Å². The van der Waals surface area contributed by atoms with Crippen molar-refractivity contribution in [2.24, 2.45) is 0 Å². The normalized spacial score (nSPS) is 11.7. The van der Waals surface area contributed by atoms with Gasteiger partial charge in [0.25, 0.3) is 0 Å². The van der Waals surface area contributed by atoms with E-state index >= 15 is 0 Å². The van der Waals surface area contributed by atoms with Crippen LogP contribution in [0.4, 0.5) is 30.5 Å². The van der Waals surface area contributed by atoms with Gasteiger partial charge in [-0.2, -0.15) is 0 Å². The van der Waals surface area contributed by atoms with Crippen LogP contribution >= 0.6 is 0 Å². The standard InChI is InChI=1S/C18H17F3N6O3S/c19-18(20,21)30-14-1-3-15(4-2-14)31(28,29)24-12-11-23-16-5-6-17(27-26-16)25-13-7-9-22-10-8-13/h1-10,24H,11-12H2,(H,23,26)(H,22,25,27). The Morgan fingerprint density at radius 3 is 2.13 bits per heavy atom. The number of anilines is 3. The molecule has 13 heteroatoms. The molecule has 0 unspecified atom stereocenters. The Balaban J connectivity index is 1.46. The maximum atomic E-state index is 12.2. The van der Waals surface area contributed by atoms with Crippen LogP contribution in [-0.4, -0.2) is 43.1 Å². The minimum atomic E-state index is -4.85. The third-order valence-corrected chi connectivity index (χ3v) is 5.19. The largest absolute Gasteiger partial charge is 0.573 e. The highest BCUT2D eigenvalue weighted by Gasteiger charge is 2.31. The summed E-state index contributed by atoms with van der Waals surface area (Å²) in [5, 5.41) is 14.0. The number of rotatable bonds is 9. The van der Waals surface area contributed by atoms with Gasteiger partial charge in [-0.05, 0) is 48.5 Å². The molecule has 0 bridgehead atoms. The van der Waals surface area contributed by atoms with Gasteiger partial charge in [0.2, 0.25) is 10.0 Å². The second kappa shape index (κ2) is 9.57. The average molecular weight is 454 g/mol. The average Bonchev–Trinajstić information content (AvgIpc) is 2.72. The monoisotopic (exact) mass is 454 g/mol. The minimum Gasteiger partial charge on any atom is -0.406 e. The fourth-order valence-corrected chi connectivity index (χ4v) is 3.39. The predicted molar refractivity (Wildman–Crippen MR) is 106 cm³/mol. The molecule has 0 fully saturated rings. The number of alkyl halides is 3. The zero-order valence-electron chi connectivity index (χ0n) is 15.8. The van der Waals surface area contributed by atoms with Crippen LogP contribution in [0.3, 0.4) is 0 Å². The van der Waals surface area contributed by atoms with E-state index in [9.17, 15) is 21.6 Å². The third-order valence-electron chi connectivity index (χ3n) is 3.71. The second-order valence-electron chi connectivity index (χ2n) is 6.01. The zero-order chi connectivity index (χ0) is 22.3. The molecule has 31 heavy (non-hydrogen) atoms. The molecule has 2 aromatic heterocycles. The van der Waals surface area contributed by atoms with Gasteiger partial charge in [-0.15, -0.1) is 23.4 Å².